The minimum Gasteiger partial charge on any atom is -0.373 e. The lowest BCUT2D eigenvalue weighted by atomic mass is 9.71. The molecule has 1 aliphatic heterocycles. The maximum atomic E-state index is 5.68. The molecule has 1 nitrogen and oxygen atoms in total. The van der Waals surface area contributed by atoms with E-state index in [-0.39, 0.29) is 0 Å². The zero-order valence-corrected chi connectivity index (χ0v) is 7.79. The standard InChI is InChI=1S/C11H16O/c1-11(2)7-8-12-10-6-4-3-5-9(10)11/h3-6,9-10H,7-8H2,1-2H3. The molecule has 2 unspecified atom stereocenters. The quantitative estimate of drug-likeness (QED) is 0.534. The third-order valence-corrected chi connectivity index (χ3v) is 3.04. The van der Waals surface area contributed by atoms with Gasteiger partial charge in [0.1, 0.15) is 0 Å². The first-order valence-corrected chi connectivity index (χ1v) is 4.67. The van der Waals surface area contributed by atoms with Crippen molar-refractivity contribution in [2.75, 3.05) is 6.61 Å². The molecule has 0 aromatic heterocycles. The Morgan fingerprint density at radius 1 is 1.25 bits per heavy atom. The van der Waals surface area contributed by atoms with Crippen molar-refractivity contribution >= 4 is 0 Å². The molecule has 0 saturated carbocycles. The molecule has 2 rings (SSSR count). The summed E-state index contributed by atoms with van der Waals surface area (Å²) < 4.78 is 5.68. The summed E-state index contributed by atoms with van der Waals surface area (Å²) in [5, 5.41) is 0. The molecule has 1 heterocycles. The molecule has 0 amide bonds. The van der Waals surface area contributed by atoms with Gasteiger partial charge in [-0.05, 0) is 11.8 Å². The van der Waals surface area contributed by atoms with Gasteiger partial charge in [0, 0.05) is 12.5 Å². The van der Waals surface area contributed by atoms with Crippen LogP contribution < -0.4 is 0 Å². The third kappa shape index (κ3) is 1.22. The first-order valence-electron chi connectivity index (χ1n) is 4.67. The van der Waals surface area contributed by atoms with Crippen LogP contribution in [0.4, 0.5) is 0 Å². The second-order valence-electron chi connectivity index (χ2n) is 4.37. The van der Waals surface area contributed by atoms with Crippen molar-refractivity contribution in [3.05, 3.63) is 24.3 Å². The summed E-state index contributed by atoms with van der Waals surface area (Å²) in [4.78, 5) is 0. The highest BCUT2D eigenvalue weighted by atomic mass is 16.5. The Labute approximate surface area is 74.1 Å². The summed E-state index contributed by atoms with van der Waals surface area (Å²) in [5.74, 6) is 0.580. The van der Waals surface area contributed by atoms with E-state index in [1.54, 1.807) is 0 Å². The Morgan fingerprint density at radius 2 is 2.00 bits per heavy atom. The highest BCUT2D eigenvalue weighted by molar-refractivity contribution is 5.18. The minimum atomic E-state index is 0.332. The maximum absolute atomic E-state index is 5.68. The van der Waals surface area contributed by atoms with Crippen molar-refractivity contribution in [1.29, 1.82) is 0 Å². The summed E-state index contributed by atoms with van der Waals surface area (Å²) >= 11 is 0. The molecule has 2 atom stereocenters. The Hall–Kier alpha value is -0.560. The molecule has 1 saturated heterocycles. The van der Waals surface area contributed by atoms with E-state index in [0.29, 0.717) is 17.4 Å². The van der Waals surface area contributed by atoms with Crippen LogP contribution >= 0.6 is 0 Å². The first kappa shape index (κ1) is 8.06. The fourth-order valence-electron chi connectivity index (χ4n) is 2.08. The average molecular weight is 164 g/mol. The zero-order chi connectivity index (χ0) is 8.60. The molecule has 0 aromatic rings. The van der Waals surface area contributed by atoms with Crippen LogP contribution in [0, 0.1) is 11.3 Å². The van der Waals surface area contributed by atoms with Crippen molar-refractivity contribution in [2.24, 2.45) is 11.3 Å². The van der Waals surface area contributed by atoms with Gasteiger partial charge in [-0.15, -0.1) is 0 Å². The largest absolute Gasteiger partial charge is 0.373 e. The topological polar surface area (TPSA) is 9.23 Å². The molecule has 0 spiro atoms. The highest BCUT2D eigenvalue weighted by Gasteiger charge is 2.37. The lowest BCUT2D eigenvalue weighted by Crippen LogP contribution is -2.40. The molecule has 0 bridgehead atoms. The van der Waals surface area contributed by atoms with Crippen molar-refractivity contribution in [2.45, 2.75) is 26.4 Å². The lowest BCUT2D eigenvalue weighted by molar-refractivity contribution is -0.0462. The van der Waals surface area contributed by atoms with E-state index < -0.39 is 0 Å². The first-order chi connectivity index (χ1) is 5.70. The molecule has 1 fully saturated rings. The fraction of sp³-hybridized carbons (Fsp3) is 0.636. The summed E-state index contributed by atoms with van der Waals surface area (Å²) in [6.07, 6.45) is 10.2. The number of ether oxygens (including phenoxy) is 1. The second kappa shape index (κ2) is 2.74. The second-order valence-corrected chi connectivity index (χ2v) is 4.37. The van der Waals surface area contributed by atoms with Crippen molar-refractivity contribution in [1.82, 2.24) is 0 Å². The van der Waals surface area contributed by atoms with Gasteiger partial charge >= 0.3 is 0 Å². The highest BCUT2D eigenvalue weighted by Crippen LogP contribution is 2.40. The van der Waals surface area contributed by atoms with Crippen molar-refractivity contribution in [3.63, 3.8) is 0 Å². The van der Waals surface area contributed by atoms with Gasteiger partial charge in [-0.1, -0.05) is 38.2 Å². The van der Waals surface area contributed by atoms with E-state index in [9.17, 15) is 0 Å². The van der Waals surface area contributed by atoms with E-state index in [1.807, 2.05) is 0 Å². The van der Waals surface area contributed by atoms with Gasteiger partial charge in [0.2, 0.25) is 0 Å². The van der Waals surface area contributed by atoms with E-state index in [0.717, 1.165) is 6.61 Å². The Morgan fingerprint density at radius 3 is 2.75 bits per heavy atom. The van der Waals surface area contributed by atoms with Gasteiger partial charge in [-0.3, -0.25) is 0 Å². The molecule has 1 aliphatic carbocycles. The third-order valence-electron chi connectivity index (χ3n) is 3.04. The van der Waals surface area contributed by atoms with Crippen LogP contribution in [0.1, 0.15) is 20.3 Å². The monoisotopic (exact) mass is 164 g/mol. The summed E-state index contributed by atoms with van der Waals surface area (Å²) in [5.41, 5.74) is 0.407. The van der Waals surface area contributed by atoms with Gasteiger partial charge in [0.15, 0.2) is 0 Å². The van der Waals surface area contributed by atoms with Crippen LogP contribution in [0.3, 0.4) is 0 Å². The molecule has 12 heavy (non-hydrogen) atoms. The molecule has 0 N–H and O–H groups in total. The Kier molecular flexibility index (Phi) is 1.84. The molecule has 0 aromatic carbocycles. The summed E-state index contributed by atoms with van der Waals surface area (Å²) in [6.45, 7) is 5.57. The number of hydrogen-bond acceptors (Lipinski definition) is 1. The van der Waals surface area contributed by atoms with Gasteiger partial charge in [0.25, 0.3) is 0 Å². The molecule has 1 heteroatoms. The molecule has 2 aliphatic rings. The van der Waals surface area contributed by atoms with E-state index in [2.05, 4.69) is 38.2 Å². The SMILES string of the molecule is CC1(C)CCOC2C=CC=CC21. The Bertz CT molecular complexity index is 225. The smallest absolute Gasteiger partial charge is 0.0826 e. The van der Waals surface area contributed by atoms with E-state index >= 15 is 0 Å². The maximum Gasteiger partial charge on any atom is 0.0826 e. The number of hydrogen-bond donors (Lipinski definition) is 0. The molecule has 66 valence electrons. The minimum absolute atomic E-state index is 0.332. The number of allylic oxidation sites excluding steroid dienone is 2. The van der Waals surface area contributed by atoms with E-state index in [1.165, 1.54) is 6.42 Å². The number of fused-ring (bicyclic) bond motifs is 1. The molecule has 0 radical (unpaired) electrons. The van der Waals surface area contributed by atoms with Crippen LogP contribution in [0.5, 0.6) is 0 Å². The number of rotatable bonds is 0. The normalized spacial score (nSPS) is 37.8. The van der Waals surface area contributed by atoms with Gasteiger partial charge in [0.05, 0.1) is 6.10 Å². The summed E-state index contributed by atoms with van der Waals surface area (Å²) in [7, 11) is 0. The fourth-order valence-corrected chi connectivity index (χ4v) is 2.08. The predicted octanol–water partition coefficient (Wildman–Crippen LogP) is 2.54. The predicted molar refractivity (Wildman–Crippen MR) is 49.9 cm³/mol. The molecular formula is C11H16O. The van der Waals surface area contributed by atoms with Crippen LogP contribution in [0.15, 0.2) is 24.3 Å². The average Bonchev–Trinajstić information content (AvgIpc) is 2.04. The lowest BCUT2D eigenvalue weighted by Gasteiger charge is -2.42. The van der Waals surface area contributed by atoms with E-state index in [4.69, 9.17) is 4.74 Å². The molecular weight excluding hydrogens is 148 g/mol. The van der Waals surface area contributed by atoms with Gasteiger partial charge in [-0.25, -0.2) is 0 Å². The van der Waals surface area contributed by atoms with Crippen LogP contribution in [0.25, 0.3) is 0 Å². The summed E-state index contributed by atoms with van der Waals surface area (Å²) in [6, 6.07) is 0. The Balaban J connectivity index is 2.23. The van der Waals surface area contributed by atoms with Crippen LogP contribution in [0.2, 0.25) is 0 Å². The van der Waals surface area contributed by atoms with Crippen LogP contribution in [-0.4, -0.2) is 12.7 Å². The van der Waals surface area contributed by atoms with Crippen LogP contribution in [-0.2, 0) is 4.74 Å². The van der Waals surface area contributed by atoms with Gasteiger partial charge in [-0.2, -0.15) is 0 Å². The van der Waals surface area contributed by atoms with Gasteiger partial charge < -0.3 is 4.74 Å². The van der Waals surface area contributed by atoms with Crippen molar-refractivity contribution < 1.29 is 4.74 Å². The van der Waals surface area contributed by atoms with Crippen molar-refractivity contribution in [3.8, 4) is 0 Å². The zero-order valence-electron chi connectivity index (χ0n) is 7.79.